The molecule has 0 atom stereocenters. The lowest BCUT2D eigenvalue weighted by Crippen LogP contribution is -2.30. The van der Waals surface area contributed by atoms with Crippen molar-refractivity contribution >= 4 is 30.6 Å². The molecule has 0 aromatic carbocycles. The number of nitrogens with zero attached hydrogens (tertiary/aromatic N) is 2. The van der Waals surface area contributed by atoms with Crippen LogP contribution in [0, 0.1) is 0 Å². The third-order valence-corrected chi connectivity index (χ3v) is 2.72. The molecular formula is C11H19Cl2N3. The minimum atomic E-state index is 0. The molecule has 92 valence electrons. The first-order valence-electron chi connectivity index (χ1n) is 5.30. The van der Waals surface area contributed by atoms with E-state index in [9.17, 15) is 0 Å². The van der Waals surface area contributed by atoms with Crippen LogP contribution < -0.4 is 10.6 Å². The standard InChI is InChI=1S/C11H17N3.2ClH/c12-8-10-4-5-11(13-9-10)14-6-2-1-3-7-14;;/h4-5,9H,1-3,6-8,12H2;2*1H. The number of rotatable bonds is 2. The Hall–Kier alpha value is -0.510. The zero-order chi connectivity index (χ0) is 9.80. The summed E-state index contributed by atoms with van der Waals surface area (Å²) >= 11 is 0. The summed E-state index contributed by atoms with van der Waals surface area (Å²) < 4.78 is 0. The first kappa shape index (κ1) is 15.5. The number of halogens is 2. The minimum absolute atomic E-state index is 0. The summed E-state index contributed by atoms with van der Waals surface area (Å²) in [5.41, 5.74) is 6.63. The van der Waals surface area contributed by atoms with Crippen LogP contribution in [0.4, 0.5) is 5.82 Å². The van der Waals surface area contributed by atoms with Crippen molar-refractivity contribution in [3.8, 4) is 0 Å². The van der Waals surface area contributed by atoms with Crippen LogP contribution in [0.25, 0.3) is 0 Å². The molecule has 0 amide bonds. The summed E-state index contributed by atoms with van der Waals surface area (Å²) in [4.78, 5) is 6.77. The van der Waals surface area contributed by atoms with E-state index in [-0.39, 0.29) is 24.8 Å². The first-order valence-corrected chi connectivity index (χ1v) is 5.30. The monoisotopic (exact) mass is 263 g/mol. The molecule has 1 saturated heterocycles. The number of hydrogen-bond donors (Lipinski definition) is 1. The molecule has 2 N–H and O–H groups in total. The lowest BCUT2D eigenvalue weighted by atomic mass is 10.1. The molecule has 2 rings (SSSR count). The average molecular weight is 264 g/mol. The van der Waals surface area contributed by atoms with Crippen LogP contribution in [0.3, 0.4) is 0 Å². The smallest absolute Gasteiger partial charge is 0.128 e. The molecule has 0 bridgehead atoms. The summed E-state index contributed by atoms with van der Waals surface area (Å²) in [6.45, 7) is 2.87. The Balaban J connectivity index is 0.00000112. The van der Waals surface area contributed by atoms with Crippen LogP contribution >= 0.6 is 24.8 Å². The minimum Gasteiger partial charge on any atom is -0.357 e. The van der Waals surface area contributed by atoms with Crippen molar-refractivity contribution in [2.24, 2.45) is 5.73 Å². The largest absolute Gasteiger partial charge is 0.357 e. The highest BCUT2D eigenvalue weighted by molar-refractivity contribution is 5.85. The highest BCUT2D eigenvalue weighted by Gasteiger charge is 2.11. The van der Waals surface area contributed by atoms with E-state index in [1.54, 1.807) is 0 Å². The molecule has 16 heavy (non-hydrogen) atoms. The van der Waals surface area contributed by atoms with Gasteiger partial charge >= 0.3 is 0 Å². The summed E-state index contributed by atoms with van der Waals surface area (Å²) in [6, 6.07) is 4.14. The van der Waals surface area contributed by atoms with Crippen molar-refractivity contribution in [2.75, 3.05) is 18.0 Å². The third kappa shape index (κ3) is 3.81. The van der Waals surface area contributed by atoms with Crippen LogP contribution in [-0.4, -0.2) is 18.1 Å². The summed E-state index contributed by atoms with van der Waals surface area (Å²) in [7, 11) is 0. The van der Waals surface area contributed by atoms with Gasteiger partial charge in [-0.2, -0.15) is 0 Å². The lowest BCUT2D eigenvalue weighted by Gasteiger charge is -2.27. The molecule has 1 fully saturated rings. The van der Waals surface area contributed by atoms with Crippen LogP contribution in [-0.2, 0) is 6.54 Å². The molecule has 2 heterocycles. The number of hydrogen-bond acceptors (Lipinski definition) is 3. The Bertz CT molecular complexity index is 284. The number of aromatic nitrogens is 1. The van der Waals surface area contributed by atoms with Gasteiger partial charge in [0.2, 0.25) is 0 Å². The highest BCUT2D eigenvalue weighted by atomic mass is 35.5. The second-order valence-electron chi connectivity index (χ2n) is 3.78. The molecule has 0 saturated carbocycles. The Morgan fingerprint density at radius 2 is 1.81 bits per heavy atom. The van der Waals surface area contributed by atoms with Crippen LogP contribution in [0.1, 0.15) is 24.8 Å². The summed E-state index contributed by atoms with van der Waals surface area (Å²) in [5.74, 6) is 1.10. The predicted molar refractivity (Wildman–Crippen MR) is 72.7 cm³/mol. The van der Waals surface area contributed by atoms with Crippen molar-refractivity contribution in [3.05, 3.63) is 23.9 Å². The van der Waals surface area contributed by atoms with Gasteiger partial charge < -0.3 is 10.6 Å². The van der Waals surface area contributed by atoms with E-state index < -0.39 is 0 Å². The third-order valence-electron chi connectivity index (χ3n) is 2.72. The maximum Gasteiger partial charge on any atom is 0.128 e. The van der Waals surface area contributed by atoms with Crippen LogP contribution in [0.2, 0.25) is 0 Å². The molecule has 1 aliphatic rings. The topological polar surface area (TPSA) is 42.1 Å². The molecule has 0 unspecified atom stereocenters. The second kappa shape index (κ2) is 7.71. The van der Waals surface area contributed by atoms with Gasteiger partial charge in [-0.25, -0.2) is 4.98 Å². The van der Waals surface area contributed by atoms with Crippen LogP contribution in [0.5, 0.6) is 0 Å². The van der Waals surface area contributed by atoms with Gasteiger partial charge in [-0.3, -0.25) is 0 Å². The molecule has 1 aromatic heterocycles. The molecule has 0 radical (unpaired) electrons. The van der Waals surface area contributed by atoms with E-state index in [1.165, 1.54) is 19.3 Å². The predicted octanol–water partition coefficient (Wildman–Crippen LogP) is 2.37. The van der Waals surface area contributed by atoms with Gasteiger partial charge in [0.1, 0.15) is 5.82 Å². The van der Waals surface area contributed by atoms with Gasteiger partial charge in [-0.15, -0.1) is 24.8 Å². The molecule has 0 spiro atoms. The van der Waals surface area contributed by atoms with Crippen molar-refractivity contribution < 1.29 is 0 Å². The molecular weight excluding hydrogens is 245 g/mol. The lowest BCUT2D eigenvalue weighted by molar-refractivity contribution is 0.573. The fourth-order valence-electron chi connectivity index (χ4n) is 1.85. The Morgan fingerprint density at radius 3 is 2.31 bits per heavy atom. The number of nitrogens with two attached hydrogens (primary N) is 1. The average Bonchev–Trinajstić information content (AvgIpc) is 2.30. The van der Waals surface area contributed by atoms with E-state index in [2.05, 4.69) is 22.0 Å². The van der Waals surface area contributed by atoms with Gasteiger partial charge in [0.05, 0.1) is 0 Å². The normalized spacial score (nSPS) is 14.9. The fourth-order valence-corrected chi connectivity index (χ4v) is 1.85. The zero-order valence-corrected chi connectivity index (χ0v) is 10.9. The van der Waals surface area contributed by atoms with Crippen molar-refractivity contribution in [1.82, 2.24) is 4.98 Å². The van der Waals surface area contributed by atoms with Gasteiger partial charge in [0, 0.05) is 25.8 Å². The van der Waals surface area contributed by atoms with Crippen LogP contribution in [0.15, 0.2) is 18.3 Å². The van der Waals surface area contributed by atoms with Crippen molar-refractivity contribution in [2.45, 2.75) is 25.8 Å². The van der Waals surface area contributed by atoms with E-state index >= 15 is 0 Å². The highest BCUT2D eigenvalue weighted by Crippen LogP contribution is 2.17. The fraction of sp³-hybridized carbons (Fsp3) is 0.545. The quantitative estimate of drug-likeness (QED) is 0.891. The van der Waals surface area contributed by atoms with Gasteiger partial charge in [0.25, 0.3) is 0 Å². The second-order valence-corrected chi connectivity index (χ2v) is 3.78. The number of anilines is 1. The van der Waals surface area contributed by atoms with Gasteiger partial charge in [-0.05, 0) is 30.9 Å². The van der Waals surface area contributed by atoms with Gasteiger partial charge in [0.15, 0.2) is 0 Å². The summed E-state index contributed by atoms with van der Waals surface area (Å²) in [5, 5.41) is 0. The SMILES string of the molecule is Cl.Cl.NCc1ccc(N2CCCCC2)nc1. The van der Waals surface area contributed by atoms with E-state index in [0.29, 0.717) is 6.54 Å². The maximum atomic E-state index is 5.52. The first-order chi connectivity index (χ1) is 6.90. The molecule has 1 aliphatic heterocycles. The maximum absolute atomic E-state index is 5.52. The Morgan fingerprint density at radius 1 is 1.12 bits per heavy atom. The van der Waals surface area contributed by atoms with E-state index in [0.717, 1.165) is 24.5 Å². The van der Waals surface area contributed by atoms with E-state index in [4.69, 9.17) is 5.73 Å². The van der Waals surface area contributed by atoms with E-state index in [1.807, 2.05) is 6.20 Å². The number of piperidine rings is 1. The molecule has 3 nitrogen and oxygen atoms in total. The van der Waals surface area contributed by atoms with Gasteiger partial charge in [-0.1, -0.05) is 6.07 Å². The Labute approximate surface area is 109 Å². The molecule has 0 aliphatic carbocycles. The van der Waals surface area contributed by atoms with Crippen molar-refractivity contribution in [1.29, 1.82) is 0 Å². The molecule has 1 aromatic rings. The van der Waals surface area contributed by atoms with Crippen molar-refractivity contribution in [3.63, 3.8) is 0 Å². The Kier molecular flexibility index (Phi) is 7.47. The summed E-state index contributed by atoms with van der Waals surface area (Å²) in [6.07, 6.45) is 5.82. The zero-order valence-electron chi connectivity index (χ0n) is 9.26. The number of pyridine rings is 1. The molecule has 5 heteroatoms.